The van der Waals surface area contributed by atoms with Gasteiger partial charge in [0.05, 0.1) is 11.6 Å². The highest BCUT2D eigenvalue weighted by molar-refractivity contribution is 9.10. The average Bonchev–Trinajstić information content (AvgIpc) is 2.48. The zero-order valence-electron chi connectivity index (χ0n) is 11.0. The van der Waals surface area contributed by atoms with Crippen LogP contribution in [0.2, 0.25) is 5.02 Å². The topological polar surface area (TPSA) is 32.3 Å². The van der Waals surface area contributed by atoms with Gasteiger partial charge < -0.3 is 10.4 Å². The molecule has 2 nitrogen and oxygen atoms in total. The van der Waals surface area contributed by atoms with Gasteiger partial charge in [-0.1, -0.05) is 41.9 Å². The van der Waals surface area contributed by atoms with E-state index in [-0.39, 0.29) is 12.6 Å². The summed E-state index contributed by atoms with van der Waals surface area (Å²) in [5.41, 5.74) is 2.23. The van der Waals surface area contributed by atoms with Crippen molar-refractivity contribution in [3.8, 4) is 0 Å². The Hall–Kier alpha value is -1.03. The fourth-order valence-corrected chi connectivity index (χ4v) is 2.51. The first-order valence-corrected chi connectivity index (χ1v) is 7.72. The first-order chi connectivity index (χ1) is 9.69. The summed E-state index contributed by atoms with van der Waals surface area (Å²) in [6, 6.07) is 16.0. The number of halogens is 2. The van der Waals surface area contributed by atoms with Crippen molar-refractivity contribution in [1.29, 1.82) is 0 Å². The first kappa shape index (κ1) is 15.4. The summed E-state index contributed by atoms with van der Waals surface area (Å²) < 4.78 is 0.851. The zero-order chi connectivity index (χ0) is 14.4. The van der Waals surface area contributed by atoms with Gasteiger partial charge in [0.15, 0.2) is 0 Å². The number of aliphatic hydroxyl groups is 1. The Labute approximate surface area is 132 Å². The van der Waals surface area contributed by atoms with Crippen LogP contribution in [0, 0.1) is 0 Å². The van der Waals surface area contributed by atoms with E-state index in [2.05, 4.69) is 33.4 Å². The molecule has 0 aromatic heterocycles. The molecule has 0 fully saturated rings. The summed E-state index contributed by atoms with van der Waals surface area (Å²) in [4.78, 5) is 0. The van der Waals surface area contributed by atoms with Gasteiger partial charge in [-0.15, -0.1) is 0 Å². The van der Waals surface area contributed by atoms with Crippen LogP contribution in [0.25, 0.3) is 0 Å². The van der Waals surface area contributed by atoms with E-state index in [1.54, 1.807) is 0 Å². The molecule has 0 aliphatic heterocycles. The van der Waals surface area contributed by atoms with Crippen molar-refractivity contribution in [3.05, 3.63) is 63.6 Å². The lowest BCUT2D eigenvalue weighted by Gasteiger charge is -2.18. The molecule has 0 spiro atoms. The molecule has 2 aromatic rings. The second-order valence-electron chi connectivity index (χ2n) is 4.68. The van der Waals surface area contributed by atoms with E-state index in [0.717, 1.165) is 23.0 Å². The van der Waals surface area contributed by atoms with Crippen molar-refractivity contribution in [1.82, 2.24) is 0 Å². The molecule has 106 valence electrons. The quantitative estimate of drug-likeness (QED) is 0.800. The van der Waals surface area contributed by atoms with Gasteiger partial charge in [0.2, 0.25) is 0 Å². The van der Waals surface area contributed by atoms with Gasteiger partial charge in [-0.25, -0.2) is 0 Å². The van der Waals surface area contributed by atoms with E-state index in [1.165, 1.54) is 5.56 Å². The molecule has 0 heterocycles. The average molecular weight is 355 g/mol. The highest BCUT2D eigenvalue weighted by Gasteiger charge is 2.08. The Balaban J connectivity index is 1.93. The fourth-order valence-electron chi connectivity index (χ4n) is 2.02. The second-order valence-corrected chi connectivity index (χ2v) is 5.94. The molecule has 0 aliphatic carbocycles. The van der Waals surface area contributed by atoms with Crippen LogP contribution in [0.5, 0.6) is 0 Å². The third-order valence-electron chi connectivity index (χ3n) is 3.14. The molecule has 1 unspecified atom stereocenters. The molecular formula is C16H17BrClNO. The van der Waals surface area contributed by atoms with Crippen LogP contribution in [0.1, 0.15) is 12.0 Å². The van der Waals surface area contributed by atoms with Gasteiger partial charge >= 0.3 is 0 Å². The smallest absolute Gasteiger partial charge is 0.0632 e. The Morgan fingerprint density at radius 2 is 1.90 bits per heavy atom. The molecule has 2 N–H and O–H groups in total. The Bertz CT molecular complexity index is 547. The van der Waals surface area contributed by atoms with Gasteiger partial charge in [-0.3, -0.25) is 0 Å². The number of hydrogen-bond donors (Lipinski definition) is 2. The molecule has 0 aliphatic rings. The predicted molar refractivity (Wildman–Crippen MR) is 88.4 cm³/mol. The number of hydrogen-bond acceptors (Lipinski definition) is 2. The monoisotopic (exact) mass is 353 g/mol. The minimum Gasteiger partial charge on any atom is -0.394 e. The van der Waals surface area contributed by atoms with E-state index < -0.39 is 0 Å². The minimum absolute atomic E-state index is 0.0308. The minimum atomic E-state index is 0.0308. The van der Waals surface area contributed by atoms with Crippen molar-refractivity contribution in [2.75, 3.05) is 11.9 Å². The molecule has 0 amide bonds. The maximum absolute atomic E-state index is 9.49. The number of anilines is 1. The van der Waals surface area contributed by atoms with E-state index in [0.29, 0.717) is 5.02 Å². The van der Waals surface area contributed by atoms with Gasteiger partial charge in [-0.05, 0) is 52.5 Å². The van der Waals surface area contributed by atoms with Gasteiger partial charge in [0, 0.05) is 16.2 Å². The van der Waals surface area contributed by atoms with Crippen LogP contribution in [-0.4, -0.2) is 17.8 Å². The van der Waals surface area contributed by atoms with Crippen molar-refractivity contribution in [2.45, 2.75) is 18.9 Å². The van der Waals surface area contributed by atoms with Crippen molar-refractivity contribution >= 4 is 33.2 Å². The first-order valence-electron chi connectivity index (χ1n) is 6.55. The second kappa shape index (κ2) is 7.67. The molecule has 0 saturated heterocycles. The molecule has 2 aromatic carbocycles. The maximum Gasteiger partial charge on any atom is 0.0632 e. The van der Waals surface area contributed by atoms with Crippen molar-refractivity contribution in [3.63, 3.8) is 0 Å². The lowest BCUT2D eigenvalue weighted by molar-refractivity contribution is 0.269. The predicted octanol–water partition coefficient (Wildman–Crippen LogP) is 4.51. The molecular weight excluding hydrogens is 338 g/mol. The van der Waals surface area contributed by atoms with Gasteiger partial charge in [0.1, 0.15) is 0 Å². The Morgan fingerprint density at radius 1 is 1.15 bits per heavy atom. The molecule has 2 rings (SSSR count). The molecule has 1 atom stereocenters. The Kier molecular flexibility index (Phi) is 5.89. The van der Waals surface area contributed by atoms with E-state index in [1.807, 2.05) is 36.4 Å². The number of nitrogens with one attached hydrogen (secondary N) is 1. The normalized spacial score (nSPS) is 12.2. The van der Waals surface area contributed by atoms with Gasteiger partial charge in [0.25, 0.3) is 0 Å². The molecule has 0 saturated carbocycles. The molecule has 0 radical (unpaired) electrons. The molecule has 20 heavy (non-hydrogen) atoms. The van der Waals surface area contributed by atoms with Crippen LogP contribution in [0.3, 0.4) is 0 Å². The van der Waals surface area contributed by atoms with Crippen LogP contribution in [0.4, 0.5) is 5.69 Å². The zero-order valence-corrected chi connectivity index (χ0v) is 13.4. The number of aliphatic hydroxyl groups excluding tert-OH is 1. The highest BCUT2D eigenvalue weighted by Crippen LogP contribution is 2.26. The van der Waals surface area contributed by atoms with E-state index in [9.17, 15) is 5.11 Å². The van der Waals surface area contributed by atoms with E-state index >= 15 is 0 Å². The number of aryl methyl sites for hydroxylation is 1. The SMILES string of the molecule is OCC(CCc1ccccc1)Nc1ccc(Cl)c(Br)c1. The van der Waals surface area contributed by atoms with Crippen LogP contribution in [0.15, 0.2) is 53.0 Å². The largest absolute Gasteiger partial charge is 0.394 e. The van der Waals surface area contributed by atoms with E-state index in [4.69, 9.17) is 11.6 Å². The summed E-state index contributed by atoms with van der Waals surface area (Å²) >= 11 is 9.37. The third-order valence-corrected chi connectivity index (χ3v) is 4.35. The lowest BCUT2D eigenvalue weighted by atomic mass is 10.1. The molecule has 4 heteroatoms. The highest BCUT2D eigenvalue weighted by atomic mass is 79.9. The van der Waals surface area contributed by atoms with Gasteiger partial charge in [-0.2, -0.15) is 0 Å². The van der Waals surface area contributed by atoms with Crippen LogP contribution in [-0.2, 0) is 6.42 Å². The summed E-state index contributed by atoms with van der Waals surface area (Å²) in [6.45, 7) is 0.104. The standard InChI is InChI=1S/C16H17BrClNO/c17-15-10-13(8-9-16(15)18)19-14(11-20)7-6-12-4-2-1-3-5-12/h1-5,8-10,14,19-20H,6-7,11H2. The van der Waals surface area contributed by atoms with Crippen LogP contribution >= 0.6 is 27.5 Å². The number of benzene rings is 2. The summed E-state index contributed by atoms with van der Waals surface area (Å²) in [5, 5.41) is 13.5. The summed E-state index contributed by atoms with van der Waals surface area (Å²) in [5.74, 6) is 0. The third kappa shape index (κ3) is 4.51. The lowest BCUT2D eigenvalue weighted by Crippen LogP contribution is -2.24. The maximum atomic E-state index is 9.49. The summed E-state index contributed by atoms with van der Waals surface area (Å²) in [7, 11) is 0. The van der Waals surface area contributed by atoms with Crippen molar-refractivity contribution < 1.29 is 5.11 Å². The van der Waals surface area contributed by atoms with Crippen molar-refractivity contribution in [2.24, 2.45) is 0 Å². The molecule has 0 bridgehead atoms. The number of rotatable bonds is 6. The van der Waals surface area contributed by atoms with Crippen LogP contribution < -0.4 is 5.32 Å². The summed E-state index contributed by atoms with van der Waals surface area (Å²) in [6.07, 6.45) is 1.81. The fraction of sp³-hybridized carbons (Fsp3) is 0.250. The Morgan fingerprint density at radius 3 is 2.55 bits per heavy atom.